The topological polar surface area (TPSA) is 70.8 Å². The largest absolute Gasteiger partial charge is 0.459 e. The lowest BCUT2D eigenvalue weighted by Crippen LogP contribution is -2.44. The number of rotatable bonds is 6. The number of carbonyl (C=O) groups is 1. The second-order valence-corrected chi connectivity index (χ2v) is 7.14. The van der Waals surface area contributed by atoms with Crippen LogP contribution in [0.2, 0.25) is 0 Å². The summed E-state index contributed by atoms with van der Waals surface area (Å²) < 4.78 is 17.6. The minimum Gasteiger partial charge on any atom is -0.459 e. The lowest BCUT2D eigenvalue weighted by atomic mass is 10.0. The maximum Gasteiger partial charge on any atom is 0.323 e. The van der Waals surface area contributed by atoms with Crippen molar-refractivity contribution in [3.8, 4) is 0 Å². The molecule has 0 aromatic heterocycles. The fraction of sp³-hybridized carbons (Fsp3) is 0.941. The normalized spacial score (nSPS) is 30.8. The molecule has 0 radical (unpaired) electrons. The molecule has 0 spiro atoms. The van der Waals surface area contributed by atoms with Crippen LogP contribution >= 0.6 is 0 Å². The zero-order valence-corrected chi connectivity index (χ0v) is 14.7. The van der Waals surface area contributed by atoms with E-state index in [-0.39, 0.29) is 24.3 Å². The molecule has 0 aliphatic carbocycles. The fourth-order valence-corrected chi connectivity index (χ4v) is 2.50. The van der Waals surface area contributed by atoms with E-state index in [1.165, 1.54) is 0 Å². The lowest BCUT2D eigenvalue weighted by Gasteiger charge is -2.32. The van der Waals surface area contributed by atoms with Crippen molar-refractivity contribution < 1.29 is 19.0 Å². The molecule has 1 rings (SSSR count). The quantitative estimate of drug-likeness (QED) is 0.763. The van der Waals surface area contributed by atoms with Crippen LogP contribution in [0.3, 0.4) is 0 Å². The molecule has 0 saturated carbocycles. The summed E-state index contributed by atoms with van der Waals surface area (Å²) in [7, 11) is 0. The first-order valence-corrected chi connectivity index (χ1v) is 8.50. The van der Waals surface area contributed by atoms with Crippen LogP contribution in [0.5, 0.6) is 0 Å². The highest BCUT2D eigenvalue weighted by atomic mass is 16.6. The molecule has 4 atom stereocenters. The van der Waals surface area contributed by atoms with Crippen LogP contribution in [0, 0.1) is 11.8 Å². The average Bonchev–Trinajstić information content (AvgIpc) is 2.46. The molecule has 1 heterocycles. The number of ether oxygens (including phenoxy) is 3. The number of hydrogen-bond donors (Lipinski definition) is 1. The highest BCUT2D eigenvalue weighted by molar-refractivity contribution is 5.75. The molecule has 5 heteroatoms. The molecule has 1 aliphatic heterocycles. The molecular formula is C17H33NO4. The van der Waals surface area contributed by atoms with Crippen LogP contribution in [0.15, 0.2) is 0 Å². The van der Waals surface area contributed by atoms with Crippen molar-refractivity contribution in [2.45, 2.75) is 78.2 Å². The van der Waals surface area contributed by atoms with Crippen LogP contribution in [0.25, 0.3) is 0 Å². The van der Waals surface area contributed by atoms with E-state index in [1.54, 1.807) is 0 Å². The molecule has 1 saturated heterocycles. The van der Waals surface area contributed by atoms with E-state index in [4.69, 9.17) is 19.9 Å². The molecule has 1 aliphatic rings. The molecule has 0 bridgehead atoms. The van der Waals surface area contributed by atoms with Crippen molar-refractivity contribution in [3.63, 3.8) is 0 Å². The van der Waals surface area contributed by atoms with Crippen molar-refractivity contribution in [2.24, 2.45) is 17.6 Å². The van der Waals surface area contributed by atoms with Gasteiger partial charge in [0, 0.05) is 13.2 Å². The summed E-state index contributed by atoms with van der Waals surface area (Å²) in [6, 6.07) is -0.544. The fourth-order valence-electron chi connectivity index (χ4n) is 2.50. The van der Waals surface area contributed by atoms with Gasteiger partial charge in [0.2, 0.25) is 0 Å². The standard InChI is InChI=1S/C17H33NO4/c1-11(2)9-20-15-8-6-7-14(18)17(19)22-13(5)16(15)21-10-12(3)4/h11-16H,6-10,18H2,1-5H3/t13-,14-,15-,16-/m0/s1. The van der Waals surface area contributed by atoms with Gasteiger partial charge in [0.05, 0.1) is 6.10 Å². The van der Waals surface area contributed by atoms with E-state index >= 15 is 0 Å². The molecule has 0 unspecified atom stereocenters. The Balaban J connectivity index is 2.81. The van der Waals surface area contributed by atoms with Crippen LogP contribution in [0.1, 0.15) is 53.9 Å². The van der Waals surface area contributed by atoms with Crippen LogP contribution in [-0.4, -0.2) is 43.5 Å². The molecule has 1 fully saturated rings. The summed E-state index contributed by atoms with van der Waals surface area (Å²) in [6.07, 6.45) is 1.65. The number of nitrogens with two attached hydrogens (primary N) is 1. The van der Waals surface area contributed by atoms with E-state index < -0.39 is 6.04 Å². The Morgan fingerprint density at radius 2 is 1.73 bits per heavy atom. The monoisotopic (exact) mass is 315 g/mol. The maximum atomic E-state index is 11.9. The summed E-state index contributed by atoms with van der Waals surface area (Å²) >= 11 is 0. The first-order chi connectivity index (χ1) is 10.3. The smallest absolute Gasteiger partial charge is 0.323 e. The van der Waals surface area contributed by atoms with Gasteiger partial charge in [-0.15, -0.1) is 0 Å². The molecular weight excluding hydrogens is 282 g/mol. The van der Waals surface area contributed by atoms with Crippen molar-refractivity contribution in [3.05, 3.63) is 0 Å². The summed E-state index contributed by atoms with van der Waals surface area (Å²) in [5.74, 6) is 0.539. The molecule has 22 heavy (non-hydrogen) atoms. The van der Waals surface area contributed by atoms with Gasteiger partial charge in [-0.05, 0) is 38.0 Å². The second-order valence-electron chi connectivity index (χ2n) is 7.14. The van der Waals surface area contributed by atoms with E-state index in [1.807, 2.05) is 6.92 Å². The number of cyclic esters (lactones) is 1. The maximum absolute atomic E-state index is 11.9. The van der Waals surface area contributed by atoms with Gasteiger partial charge in [0.25, 0.3) is 0 Å². The summed E-state index contributed by atoms with van der Waals surface area (Å²) in [4.78, 5) is 11.9. The van der Waals surface area contributed by atoms with E-state index in [0.29, 0.717) is 31.5 Å². The number of carbonyl (C=O) groups excluding carboxylic acids is 1. The minimum absolute atomic E-state index is 0.0609. The molecule has 0 aromatic carbocycles. The zero-order valence-electron chi connectivity index (χ0n) is 14.7. The molecule has 5 nitrogen and oxygen atoms in total. The van der Waals surface area contributed by atoms with Gasteiger partial charge >= 0.3 is 5.97 Å². The Bertz CT molecular complexity index is 333. The zero-order chi connectivity index (χ0) is 16.7. The van der Waals surface area contributed by atoms with Crippen molar-refractivity contribution in [1.82, 2.24) is 0 Å². The summed E-state index contributed by atoms with van der Waals surface area (Å²) in [6.45, 7) is 11.6. The van der Waals surface area contributed by atoms with Gasteiger partial charge < -0.3 is 19.9 Å². The van der Waals surface area contributed by atoms with E-state index in [9.17, 15) is 4.79 Å². The molecule has 130 valence electrons. The predicted octanol–water partition coefficient (Wildman–Crippen LogP) is 2.51. The van der Waals surface area contributed by atoms with E-state index in [2.05, 4.69) is 27.7 Å². The molecule has 0 amide bonds. The molecule has 0 aromatic rings. The Kier molecular flexibility index (Phi) is 8.36. The first kappa shape index (κ1) is 19.4. The van der Waals surface area contributed by atoms with Gasteiger partial charge in [0.15, 0.2) is 0 Å². The van der Waals surface area contributed by atoms with E-state index in [0.717, 1.165) is 12.8 Å². The van der Waals surface area contributed by atoms with Gasteiger partial charge in [-0.2, -0.15) is 0 Å². The van der Waals surface area contributed by atoms with Gasteiger partial charge in [0.1, 0.15) is 18.2 Å². The van der Waals surface area contributed by atoms with Crippen molar-refractivity contribution in [1.29, 1.82) is 0 Å². The van der Waals surface area contributed by atoms with Crippen LogP contribution < -0.4 is 5.73 Å². The Morgan fingerprint density at radius 3 is 2.32 bits per heavy atom. The average molecular weight is 315 g/mol. The van der Waals surface area contributed by atoms with Gasteiger partial charge in [-0.1, -0.05) is 27.7 Å². The van der Waals surface area contributed by atoms with Gasteiger partial charge in [-0.3, -0.25) is 4.79 Å². The molecule has 2 N–H and O–H groups in total. The predicted molar refractivity (Wildman–Crippen MR) is 86.5 cm³/mol. The lowest BCUT2D eigenvalue weighted by molar-refractivity contribution is -0.169. The highest BCUT2D eigenvalue weighted by Crippen LogP contribution is 2.22. The first-order valence-electron chi connectivity index (χ1n) is 8.50. The second kappa shape index (κ2) is 9.48. The van der Waals surface area contributed by atoms with Gasteiger partial charge in [-0.25, -0.2) is 0 Å². The minimum atomic E-state index is -0.544. The summed E-state index contributed by atoms with van der Waals surface area (Å²) in [5, 5.41) is 0. The third-order valence-corrected chi connectivity index (χ3v) is 3.70. The Hall–Kier alpha value is -0.650. The number of hydrogen-bond acceptors (Lipinski definition) is 5. The number of esters is 1. The Labute approximate surface area is 134 Å². The highest BCUT2D eigenvalue weighted by Gasteiger charge is 2.34. The van der Waals surface area contributed by atoms with Crippen molar-refractivity contribution >= 4 is 5.97 Å². The van der Waals surface area contributed by atoms with Crippen LogP contribution in [0.4, 0.5) is 0 Å². The van der Waals surface area contributed by atoms with Crippen LogP contribution in [-0.2, 0) is 19.0 Å². The SMILES string of the molecule is CC(C)CO[C@H]1[C@H](C)OC(=O)[C@@H](N)CCC[C@@H]1OCC(C)C. The third-order valence-electron chi connectivity index (χ3n) is 3.70. The Morgan fingerprint density at radius 1 is 1.14 bits per heavy atom. The third kappa shape index (κ3) is 6.63. The summed E-state index contributed by atoms with van der Waals surface area (Å²) in [5.41, 5.74) is 5.86. The van der Waals surface area contributed by atoms with Crippen molar-refractivity contribution in [2.75, 3.05) is 13.2 Å².